The zero-order valence-corrected chi connectivity index (χ0v) is 22.9. The fraction of sp³-hybridized carbons (Fsp3) is 0.517. The standard InChI is InChI=1S/C29H35F4N3O4/c1-27(2,19-6-4-7-20(16-19)29(31,32)33)25(37)36-12-10-28(11-13-36)23(18-34-26(38)35-28)22-9-8-21(30)17-24(22)40-15-5-14-39-3/h4,6-9,16-17,23H,5,10-15,18H2,1-3H3,(H2,34,35,38)/t23-/m1/s1. The van der Waals surface area contributed by atoms with Gasteiger partial charge in [-0.05, 0) is 44.4 Å². The second kappa shape index (κ2) is 11.6. The van der Waals surface area contributed by atoms with Crippen LogP contribution in [0.15, 0.2) is 42.5 Å². The number of nitrogens with zero attached hydrogens (tertiary/aromatic N) is 1. The number of piperidine rings is 1. The van der Waals surface area contributed by atoms with Gasteiger partial charge in [0, 0.05) is 57.3 Å². The first-order chi connectivity index (χ1) is 18.9. The van der Waals surface area contributed by atoms with Gasteiger partial charge in [-0.3, -0.25) is 4.79 Å². The van der Waals surface area contributed by atoms with Crippen molar-refractivity contribution < 1.29 is 36.6 Å². The van der Waals surface area contributed by atoms with Crippen molar-refractivity contribution in [3.8, 4) is 5.75 Å². The monoisotopic (exact) mass is 565 g/mol. The summed E-state index contributed by atoms with van der Waals surface area (Å²) in [5.41, 5.74) is -1.69. The quantitative estimate of drug-likeness (QED) is 0.349. The van der Waals surface area contributed by atoms with Crippen molar-refractivity contribution >= 4 is 11.9 Å². The summed E-state index contributed by atoms with van der Waals surface area (Å²) < 4.78 is 65.1. The largest absolute Gasteiger partial charge is 0.493 e. The molecule has 1 spiro atoms. The van der Waals surface area contributed by atoms with Gasteiger partial charge in [0.25, 0.3) is 0 Å². The fourth-order valence-electron chi connectivity index (χ4n) is 5.65. The van der Waals surface area contributed by atoms with Crippen LogP contribution in [0.25, 0.3) is 0 Å². The summed E-state index contributed by atoms with van der Waals surface area (Å²) in [7, 11) is 1.59. The van der Waals surface area contributed by atoms with Crippen LogP contribution in [0, 0.1) is 5.82 Å². The van der Waals surface area contributed by atoms with E-state index < -0.39 is 28.5 Å². The zero-order valence-electron chi connectivity index (χ0n) is 22.9. The van der Waals surface area contributed by atoms with E-state index in [1.54, 1.807) is 31.9 Å². The average Bonchev–Trinajstić information content (AvgIpc) is 2.91. The zero-order chi connectivity index (χ0) is 29.1. The van der Waals surface area contributed by atoms with Crippen molar-refractivity contribution in [2.75, 3.05) is 40.0 Å². The third-order valence-corrected chi connectivity index (χ3v) is 7.99. The molecule has 2 aromatic rings. The number of carbonyl (C=O) groups excluding carboxylic acids is 2. The van der Waals surface area contributed by atoms with Crippen molar-refractivity contribution in [3.05, 3.63) is 65.0 Å². The van der Waals surface area contributed by atoms with E-state index >= 15 is 0 Å². The van der Waals surface area contributed by atoms with Gasteiger partial charge in [0.05, 0.1) is 23.1 Å². The number of rotatable bonds is 8. The van der Waals surface area contributed by atoms with Gasteiger partial charge in [-0.25, -0.2) is 9.18 Å². The number of hydrogen-bond acceptors (Lipinski definition) is 4. The Labute approximate surface area is 231 Å². The number of halogens is 4. The van der Waals surface area contributed by atoms with Gasteiger partial charge in [0.15, 0.2) is 0 Å². The minimum absolute atomic E-state index is 0.267. The smallest absolute Gasteiger partial charge is 0.416 e. The maximum absolute atomic E-state index is 14.2. The van der Waals surface area contributed by atoms with E-state index in [9.17, 15) is 27.2 Å². The Morgan fingerprint density at radius 3 is 2.45 bits per heavy atom. The highest BCUT2D eigenvalue weighted by Crippen LogP contribution is 2.43. The molecule has 0 bridgehead atoms. The molecule has 11 heteroatoms. The second-order valence-electron chi connectivity index (χ2n) is 10.9. The highest BCUT2D eigenvalue weighted by Gasteiger charge is 2.49. The molecular weight excluding hydrogens is 530 g/mol. The molecule has 0 radical (unpaired) electrons. The summed E-state index contributed by atoms with van der Waals surface area (Å²) in [6.07, 6.45) is -3.07. The molecule has 3 amide bonds. The molecule has 2 fully saturated rings. The molecule has 0 saturated carbocycles. The first-order valence-corrected chi connectivity index (χ1v) is 13.3. The van der Waals surface area contributed by atoms with Gasteiger partial charge in [-0.1, -0.05) is 24.3 Å². The molecule has 40 heavy (non-hydrogen) atoms. The first-order valence-electron chi connectivity index (χ1n) is 13.3. The van der Waals surface area contributed by atoms with Crippen molar-refractivity contribution in [1.29, 1.82) is 0 Å². The molecule has 2 N–H and O–H groups in total. The lowest BCUT2D eigenvalue weighted by atomic mass is 9.71. The maximum Gasteiger partial charge on any atom is 0.416 e. The van der Waals surface area contributed by atoms with E-state index in [-0.39, 0.29) is 23.4 Å². The number of likely N-dealkylation sites (tertiary alicyclic amines) is 1. The number of hydrogen-bond donors (Lipinski definition) is 2. The molecule has 0 aromatic heterocycles. The molecule has 2 aliphatic rings. The van der Waals surface area contributed by atoms with Crippen LogP contribution in [0.4, 0.5) is 22.4 Å². The number of carbonyl (C=O) groups is 2. The van der Waals surface area contributed by atoms with Crippen molar-refractivity contribution in [2.24, 2.45) is 0 Å². The Morgan fingerprint density at radius 2 is 1.77 bits per heavy atom. The summed E-state index contributed by atoms with van der Waals surface area (Å²) in [6, 6.07) is 8.88. The molecule has 2 aliphatic heterocycles. The third kappa shape index (κ3) is 6.19. The van der Waals surface area contributed by atoms with E-state index in [1.165, 1.54) is 24.3 Å². The van der Waals surface area contributed by atoms with Gasteiger partial charge in [-0.15, -0.1) is 0 Å². The Hall–Kier alpha value is -3.34. The molecule has 0 aliphatic carbocycles. The summed E-state index contributed by atoms with van der Waals surface area (Å²) in [4.78, 5) is 27.7. The molecule has 2 aromatic carbocycles. The van der Waals surface area contributed by atoms with Crippen LogP contribution in [0.5, 0.6) is 5.75 Å². The SMILES string of the molecule is COCCCOc1cc(F)ccc1[C@H]1CNC(=O)NC12CCN(C(=O)C(C)(C)c1cccc(C(F)(F)F)c1)CC2. The van der Waals surface area contributed by atoms with Crippen LogP contribution < -0.4 is 15.4 Å². The molecule has 4 rings (SSSR count). The maximum atomic E-state index is 14.2. The fourth-order valence-corrected chi connectivity index (χ4v) is 5.65. The Balaban J connectivity index is 1.54. The molecule has 2 saturated heterocycles. The van der Waals surface area contributed by atoms with Crippen LogP contribution in [-0.4, -0.2) is 62.3 Å². The molecule has 0 unspecified atom stereocenters. The number of ether oxygens (including phenoxy) is 2. The highest BCUT2D eigenvalue weighted by molar-refractivity contribution is 5.87. The number of amides is 3. The second-order valence-corrected chi connectivity index (χ2v) is 10.9. The normalized spacial score (nSPS) is 19.2. The van der Waals surface area contributed by atoms with E-state index in [1.807, 2.05) is 0 Å². The van der Waals surface area contributed by atoms with E-state index in [2.05, 4.69) is 10.6 Å². The van der Waals surface area contributed by atoms with Gasteiger partial charge >= 0.3 is 12.2 Å². The topological polar surface area (TPSA) is 79.9 Å². The van der Waals surface area contributed by atoms with E-state index in [4.69, 9.17) is 9.47 Å². The highest BCUT2D eigenvalue weighted by atomic mass is 19.4. The van der Waals surface area contributed by atoms with E-state index in [0.29, 0.717) is 57.9 Å². The van der Waals surface area contributed by atoms with Crippen LogP contribution >= 0.6 is 0 Å². The number of nitrogens with one attached hydrogen (secondary N) is 2. The average molecular weight is 566 g/mol. The lowest BCUT2D eigenvalue weighted by molar-refractivity contribution is -0.140. The number of methoxy groups -OCH3 is 1. The lowest BCUT2D eigenvalue weighted by Gasteiger charge is -2.50. The molecule has 2 heterocycles. The Morgan fingerprint density at radius 1 is 1.07 bits per heavy atom. The summed E-state index contributed by atoms with van der Waals surface area (Å²) in [5, 5.41) is 5.90. The summed E-state index contributed by atoms with van der Waals surface area (Å²) >= 11 is 0. The van der Waals surface area contributed by atoms with Crippen LogP contribution in [0.3, 0.4) is 0 Å². The molecular formula is C29H35F4N3O4. The first kappa shape index (κ1) is 29.6. The van der Waals surface area contributed by atoms with E-state index in [0.717, 1.165) is 17.7 Å². The van der Waals surface area contributed by atoms with Crippen LogP contribution in [-0.2, 0) is 21.1 Å². The number of alkyl halides is 3. The number of benzene rings is 2. The van der Waals surface area contributed by atoms with Gasteiger partial charge < -0.3 is 25.0 Å². The van der Waals surface area contributed by atoms with Crippen LogP contribution in [0.1, 0.15) is 55.7 Å². The summed E-state index contributed by atoms with van der Waals surface area (Å²) in [5.74, 6) is -0.605. The molecule has 218 valence electrons. The van der Waals surface area contributed by atoms with Crippen molar-refractivity contribution in [3.63, 3.8) is 0 Å². The Bertz CT molecular complexity index is 1230. The lowest BCUT2D eigenvalue weighted by Crippen LogP contribution is -2.66. The summed E-state index contributed by atoms with van der Waals surface area (Å²) in [6.45, 7) is 4.96. The molecule has 1 atom stereocenters. The minimum atomic E-state index is -4.51. The van der Waals surface area contributed by atoms with Crippen molar-refractivity contribution in [1.82, 2.24) is 15.5 Å². The molecule has 7 nitrogen and oxygen atoms in total. The minimum Gasteiger partial charge on any atom is -0.493 e. The van der Waals surface area contributed by atoms with Gasteiger partial charge in [0.1, 0.15) is 11.6 Å². The van der Waals surface area contributed by atoms with Crippen molar-refractivity contribution in [2.45, 2.75) is 56.2 Å². The van der Waals surface area contributed by atoms with Crippen LogP contribution in [0.2, 0.25) is 0 Å². The number of urea groups is 1. The predicted molar refractivity (Wildman–Crippen MR) is 141 cm³/mol. The Kier molecular flexibility index (Phi) is 8.63. The third-order valence-electron chi connectivity index (χ3n) is 7.99. The predicted octanol–water partition coefficient (Wildman–Crippen LogP) is 5.00. The van der Waals surface area contributed by atoms with Gasteiger partial charge in [-0.2, -0.15) is 13.2 Å². The van der Waals surface area contributed by atoms with Gasteiger partial charge in [0.2, 0.25) is 5.91 Å².